The van der Waals surface area contributed by atoms with Crippen LogP contribution < -0.4 is 10.2 Å². The molecule has 0 saturated carbocycles. The van der Waals surface area contributed by atoms with Crippen LogP contribution in [0.3, 0.4) is 0 Å². The first kappa shape index (κ1) is 23.7. The van der Waals surface area contributed by atoms with Crippen molar-refractivity contribution in [3.8, 4) is 0 Å². The van der Waals surface area contributed by atoms with Crippen LogP contribution in [0.15, 0.2) is 108 Å². The monoisotopic (exact) mass is 575 g/mol. The molecule has 1 N–H and O–H groups in total. The molecule has 3 aliphatic rings. The third-order valence-corrected chi connectivity index (χ3v) is 8.70. The fourth-order valence-electron chi connectivity index (χ4n) is 6.59. The minimum absolute atomic E-state index is 0.214. The van der Waals surface area contributed by atoms with Gasteiger partial charge in [-0.2, -0.15) is 0 Å². The van der Waals surface area contributed by atoms with E-state index in [1.54, 1.807) is 30.5 Å². The predicted molar refractivity (Wildman–Crippen MR) is 153 cm³/mol. The quantitative estimate of drug-likeness (QED) is 0.316. The number of carbonyl (C=O) groups excluding carboxylic acids is 3. The third kappa shape index (κ3) is 3.32. The van der Waals surface area contributed by atoms with Gasteiger partial charge in [0, 0.05) is 39.4 Å². The van der Waals surface area contributed by atoms with Gasteiger partial charge in [-0.1, -0.05) is 76.6 Å². The topological polar surface area (TPSA) is 79.4 Å². The molecule has 6 nitrogen and oxygen atoms in total. The second kappa shape index (κ2) is 8.85. The molecule has 1 saturated heterocycles. The van der Waals surface area contributed by atoms with Gasteiger partial charge in [-0.05, 0) is 47.5 Å². The zero-order chi connectivity index (χ0) is 26.7. The Hall–Kier alpha value is -4.36. The zero-order valence-corrected chi connectivity index (χ0v) is 22.2. The van der Waals surface area contributed by atoms with Gasteiger partial charge in [0.05, 0.1) is 12.0 Å². The van der Waals surface area contributed by atoms with Gasteiger partial charge in [0.2, 0.25) is 5.91 Å². The summed E-state index contributed by atoms with van der Waals surface area (Å²) in [5, 5.41) is 3.05. The molecule has 0 aliphatic carbocycles. The second-order valence-electron chi connectivity index (χ2n) is 10.0. The molecular formula is C32H22BrN3O3. The Balaban J connectivity index is 1.54. The van der Waals surface area contributed by atoms with E-state index in [-0.39, 0.29) is 17.5 Å². The molecule has 4 atom stereocenters. The molecular weight excluding hydrogens is 554 g/mol. The maximum Gasteiger partial charge on any atom is 0.238 e. The van der Waals surface area contributed by atoms with E-state index in [1.165, 1.54) is 6.20 Å². The number of anilines is 2. The fourth-order valence-corrected chi connectivity index (χ4v) is 6.86. The van der Waals surface area contributed by atoms with Crippen LogP contribution in [0.1, 0.15) is 31.8 Å². The van der Waals surface area contributed by atoms with Gasteiger partial charge >= 0.3 is 0 Å². The molecule has 190 valence electrons. The molecule has 39 heavy (non-hydrogen) atoms. The molecule has 7 rings (SSSR count). The number of para-hydroxylation sites is 2. The standard InChI is InChI=1S/C32H22BrN3O3/c33-22-14-11-20(12-15-22)30(38)28-27(29(37)21-7-5-17-34-18-21)32(23-8-2-3-9-24(23)35-31(32)39)26-16-13-19-6-1-4-10-25(19)36(26)28/h1-18,26-28H,(H,35,39)/t26-,27-,28+,32-/m1/s1. The van der Waals surface area contributed by atoms with Crippen molar-refractivity contribution in [2.24, 2.45) is 5.92 Å². The van der Waals surface area contributed by atoms with Gasteiger partial charge < -0.3 is 10.2 Å². The summed E-state index contributed by atoms with van der Waals surface area (Å²) in [6.07, 6.45) is 7.08. The van der Waals surface area contributed by atoms with Gasteiger partial charge in [0.25, 0.3) is 0 Å². The normalized spacial score (nSPS) is 24.2. The van der Waals surface area contributed by atoms with Crippen molar-refractivity contribution in [3.63, 3.8) is 0 Å². The average Bonchev–Trinajstić information content (AvgIpc) is 3.45. The first-order valence-corrected chi connectivity index (χ1v) is 13.5. The van der Waals surface area contributed by atoms with Crippen LogP contribution in [-0.4, -0.2) is 34.5 Å². The van der Waals surface area contributed by atoms with Crippen molar-refractivity contribution in [2.45, 2.75) is 17.5 Å². The van der Waals surface area contributed by atoms with E-state index in [1.807, 2.05) is 77.7 Å². The molecule has 3 aliphatic heterocycles. The molecule has 0 bridgehead atoms. The summed E-state index contributed by atoms with van der Waals surface area (Å²) in [6, 6.07) is 24.3. The van der Waals surface area contributed by atoms with Crippen molar-refractivity contribution in [2.75, 3.05) is 10.2 Å². The minimum atomic E-state index is -1.33. The van der Waals surface area contributed by atoms with E-state index in [0.717, 1.165) is 21.3 Å². The Labute approximate surface area is 233 Å². The lowest BCUT2D eigenvalue weighted by Crippen LogP contribution is -2.51. The van der Waals surface area contributed by atoms with Crippen LogP contribution in [0, 0.1) is 5.92 Å². The molecule has 7 heteroatoms. The third-order valence-electron chi connectivity index (χ3n) is 8.17. The molecule has 1 fully saturated rings. The summed E-state index contributed by atoms with van der Waals surface area (Å²) in [4.78, 5) is 49.6. The Morgan fingerprint density at radius 2 is 1.64 bits per heavy atom. The Bertz CT molecular complexity index is 1680. The van der Waals surface area contributed by atoms with E-state index >= 15 is 0 Å². The van der Waals surface area contributed by atoms with E-state index in [9.17, 15) is 14.4 Å². The van der Waals surface area contributed by atoms with Crippen LogP contribution in [-0.2, 0) is 10.2 Å². The minimum Gasteiger partial charge on any atom is -0.352 e. The number of pyridine rings is 1. The van der Waals surface area contributed by atoms with Crippen molar-refractivity contribution in [3.05, 3.63) is 130 Å². The molecule has 1 amide bonds. The number of nitrogens with one attached hydrogen (secondary N) is 1. The van der Waals surface area contributed by atoms with Crippen LogP contribution in [0.2, 0.25) is 0 Å². The summed E-state index contributed by atoms with van der Waals surface area (Å²) in [6.45, 7) is 0. The number of hydrogen-bond acceptors (Lipinski definition) is 5. The number of halogens is 1. The number of rotatable bonds is 4. The number of ketones is 2. The highest BCUT2D eigenvalue weighted by Gasteiger charge is 2.70. The number of amides is 1. The smallest absolute Gasteiger partial charge is 0.238 e. The van der Waals surface area contributed by atoms with Crippen LogP contribution in [0.4, 0.5) is 11.4 Å². The van der Waals surface area contributed by atoms with Crippen molar-refractivity contribution in [1.29, 1.82) is 0 Å². The lowest BCUT2D eigenvalue weighted by Gasteiger charge is -2.37. The molecule has 4 heterocycles. The van der Waals surface area contributed by atoms with E-state index in [0.29, 0.717) is 16.8 Å². The van der Waals surface area contributed by atoms with Gasteiger partial charge in [-0.3, -0.25) is 19.4 Å². The van der Waals surface area contributed by atoms with Gasteiger partial charge in [-0.15, -0.1) is 0 Å². The van der Waals surface area contributed by atoms with Gasteiger partial charge in [-0.25, -0.2) is 0 Å². The fraction of sp³-hybridized carbons (Fsp3) is 0.125. The molecule has 1 spiro atoms. The van der Waals surface area contributed by atoms with E-state index in [2.05, 4.69) is 26.2 Å². The van der Waals surface area contributed by atoms with E-state index in [4.69, 9.17) is 0 Å². The van der Waals surface area contributed by atoms with Crippen molar-refractivity contribution >= 4 is 50.9 Å². The lowest BCUT2D eigenvalue weighted by molar-refractivity contribution is -0.121. The summed E-state index contributed by atoms with van der Waals surface area (Å²) in [5.41, 5.74) is 2.64. The van der Waals surface area contributed by atoms with Gasteiger partial charge in [0.1, 0.15) is 11.5 Å². The summed E-state index contributed by atoms with van der Waals surface area (Å²) in [7, 11) is 0. The zero-order valence-electron chi connectivity index (χ0n) is 20.6. The number of hydrogen-bond donors (Lipinski definition) is 1. The summed E-state index contributed by atoms with van der Waals surface area (Å²) in [5.74, 6) is -1.79. The molecule has 0 unspecified atom stereocenters. The Morgan fingerprint density at radius 3 is 2.44 bits per heavy atom. The predicted octanol–water partition coefficient (Wildman–Crippen LogP) is 5.70. The number of carbonyl (C=O) groups is 3. The van der Waals surface area contributed by atoms with Crippen molar-refractivity contribution < 1.29 is 14.4 Å². The van der Waals surface area contributed by atoms with Crippen LogP contribution >= 0.6 is 15.9 Å². The number of benzene rings is 3. The lowest BCUT2D eigenvalue weighted by atomic mass is 9.64. The Morgan fingerprint density at radius 1 is 0.872 bits per heavy atom. The largest absolute Gasteiger partial charge is 0.352 e. The summed E-state index contributed by atoms with van der Waals surface area (Å²) < 4.78 is 0.846. The highest BCUT2D eigenvalue weighted by atomic mass is 79.9. The van der Waals surface area contributed by atoms with Crippen LogP contribution in [0.25, 0.3) is 6.08 Å². The number of fused-ring (bicyclic) bond motifs is 6. The average molecular weight is 576 g/mol. The maximum atomic E-state index is 14.6. The molecule has 4 aromatic rings. The number of aromatic nitrogens is 1. The number of Topliss-reactive ketones (excluding diaryl/α,β-unsaturated/α-hetero) is 2. The Kier molecular flexibility index (Phi) is 5.39. The maximum absolute atomic E-state index is 14.6. The van der Waals surface area contributed by atoms with Crippen molar-refractivity contribution in [1.82, 2.24) is 4.98 Å². The van der Waals surface area contributed by atoms with E-state index < -0.39 is 23.4 Å². The first-order valence-electron chi connectivity index (χ1n) is 12.7. The highest BCUT2D eigenvalue weighted by Crippen LogP contribution is 2.58. The second-order valence-corrected chi connectivity index (χ2v) is 11.0. The number of nitrogens with zero attached hydrogens (tertiary/aromatic N) is 2. The highest BCUT2D eigenvalue weighted by molar-refractivity contribution is 9.10. The summed E-state index contributed by atoms with van der Waals surface area (Å²) >= 11 is 3.45. The molecule has 0 radical (unpaired) electrons. The van der Waals surface area contributed by atoms with Crippen LogP contribution in [0.5, 0.6) is 0 Å². The SMILES string of the molecule is O=C(c1ccc(Br)cc1)[C@@H]1[C@H](C(=O)c2cccnc2)[C@]2(C(=O)Nc3ccccc32)[C@H]2C=Cc3ccccc3N12. The molecule has 1 aromatic heterocycles. The van der Waals surface area contributed by atoms with Gasteiger partial charge in [0.15, 0.2) is 11.6 Å². The molecule has 3 aromatic carbocycles. The first-order chi connectivity index (χ1) is 19.0.